The molecule has 23 heavy (non-hydrogen) atoms. The van der Waals surface area contributed by atoms with Gasteiger partial charge in [0.2, 0.25) is 0 Å². The maximum Gasteiger partial charge on any atom is 0.432 e. The van der Waals surface area contributed by atoms with E-state index in [1.807, 2.05) is 49.4 Å². The lowest BCUT2D eigenvalue weighted by atomic mass is 10.00. The van der Waals surface area contributed by atoms with E-state index in [1.165, 1.54) is 0 Å². The summed E-state index contributed by atoms with van der Waals surface area (Å²) in [5.41, 5.74) is 0.930. The first-order chi connectivity index (χ1) is 11.1. The molecule has 2 aromatic rings. The Bertz CT molecular complexity index is 766. The Morgan fingerprint density at radius 3 is 2.48 bits per heavy atom. The number of rotatable bonds is 3. The van der Waals surface area contributed by atoms with Crippen LogP contribution in [0.15, 0.2) is 42.5 Å². The van der Waals surface area contributed by atoms with Gasteiger partial charge in [0.15, 0.2) is 0 Å². The average Bonchev–Trinajstić information content (AvgIpc) is 2.86. The second-order valence-corrected chi connectivity index (χ2v) is 5.40. The maximum atomic E-state index is 11.9. The van der Waals surface area contributed by atoms with Crippen molar-refractivity contribution >= 4 is 28.7 Å². The lowest BCUT2D eigenvalue weighted by Gasteiger charge is -2.18. The fourth-order valence-electron chi connectivity index (χ4n) is 2.65. The van der Waals surface area contributed by atoms with Crippen molar-refractivity contribution in [1.82, 2.24) is 10.4 Å². The molecule has 2 aromatic carbocycles. The minimum atomic E-state index is -0.825. The van der Waals surface area contributed by atoms with Crippen LogP contribution < -0.4 is 5.32 Å². The standard InChI is InChI=1S/C17H16N2O4/c1-11(13-8-4-6-12-5-2-3-7-14(12)13)18-17(22)23-19-15(20)9-10-16(19)21/h2-8,11H,9-10H2,1H3,(H,18,22). The SMILES string of the molecule is CC(NC(=O)ON1C(=O)CCC1=O)c1cccc2ccccc12. The van der Waals surface area contributed by atoms with E-state index in [0.717, 1.165) is 16.3 Å². The van der Waals surface area contributed by atoms with Gasteiger partial charge in [-0.05, 0) is 23.3 Å². The van der Waals surface area contributed by atoms with Crippen molar-refractivity contribution in [3.63, 3.8) is 0 Å². The van der Waals surface area contributed by atoms with Crippen molar-refractivity contribution < 1.29 is 19.2 Å². The van der Waals surface area contributed by atoms with Gasteiger partial charge in [0, 0.05) is 12.8 Å². The van der Waals surface area contributed by atoms with Gasteiger partial charge >= 0.3 is 6.09 Å². The summed E-state index contributed by atoms with van der Waals surface area (Å²) in [7, 11) is 0. The monoisotopic (exact) mass is 312 g/mol. The molecule has 0 bridgehead atoms. The number of amides is 3. The second-order valence-electron chi connectivity index (χ2n) is 5.40. The molecule has 1 saturated heterocycles. The van der Waals surface area contributed by atoms with E-state index in [2.05, 4.69) is 5.32 Å². The second kappa shape index (κ2) is 6.08. The summed E-state index contributed by atoms with van der Waals surface area (Å²) in [6.07, 6.45) is -0.676. The number of hydroxylamine groups is 2. The molecule has 0 aliphatic carbocycles. The molecule has 1 atom stereocenters. The number of nitrogens with one attached hydrogen (secondary N) is 1. The maximum absolute atomic E-state index is 11.9. The summed E-state index contributed by atoms with van der Waals surface area (Å²) >= 11 is 0. The smallest absolute Gasteiger partial charge is 0.313 e. The van der Waals surface area contributed by atoms with E-state index in [1.54, 1.807) is 0 Å². The Labute approximate surface area is 133 Å². The van der Waals surface area contributed by atoms with Crippen LogP contribution in [0.3, 0.4) is 0 Å². The van der Waals surface area contributed by atoms with Gasteiger partial charge in [0.25, 0.3) is 11.8 Å². The number of imide groups is 1. The molecule has 118 valence electrons. The zero-order chi connectivity index (χ0) is 16.4. The molecule has 0 aromatic heterocycles. The number of benzene rings is 2. The Hall–Kier alpha value is -2.89. The molecule has 1 unspecified atom stereocenters. The van der Waals surface area contributed by atoms with Crippen LogP contribution in [0.25, 0.3) is 10.8 Å². The molecular weight excluding hydrogens is 296 g/mol. The molecule has 3 rings (SSSR count). The molecule has 6 nitrogen and oxygen atoms in total. The molecule has 1 aliphatic heterocycles. The topological polar surface area (TPSA) is 75.7 Å². The highest BCUT2D eigenvalue weighted by Gasteiger charge is 2.33. The normalized spacial score (nSPS) is 15.8. The number of hydrogen-bond acceptors (Lipinski definition) is 4. The van der Waals surface area contributed by atoms with Gasteiger partial charge < -0.3 is 10.2 Å². The fraction of sp³-hybridized carbons (Fsp3) is 0.235. The van der Waals surface area contributed by atoms with Crippen LogP contribution >= 0.6 is 0 Å². The Morgan fingerprint density at radius 1 is 1.09 bits per heavy atom. The molecule has 6 heteroatoms. The van der Waals surface area contributed by atoms with Gasteiger partial charge in [-0.3, -0.25) is 9.59 Å². The van der Waals surface area contributed by atoms with E-state index in [9.17, 15) is 14.4 Å². The van der Waals surface area contributed by atoms with Crippen LogP contribution in [0, 0.1) is 0 Å². The van der Waals surface area contributed by atoms with Gasteiger partial charge in [-0.15, -0.1) is 5.06 Å². The van der Waals surface area contributed by atoms with Gasteiger partial charge in [0.05, 0.1) is 6.04 Å². The number of nitrogens with zero attached hydrogens (tertiary/aromatic N) is 1. The van der Waals surface area contributed by atoms with Crippen LogP contribution in [0.4, 0.5) is 4.79 Å². The zero-order valence-electron chi connectivity index (χ0n) is 12.6. The minimum Gasteiger partial charge on any atom is -0.313 e. The van der Waals surface area contributed by atoms with E-state index in [-0.39, 0.29) is 18.9 Å². The number of fused-ring (bicyclic) bond motifs is 1. The third kappa shape index (κ3) is 3.01. The summed E-state index contributed by atoms with van der Waals surface area (Å²) in [5.74, 6) is -0.995. The van der Waals surface area contributed by atoms with Crippen molar-refractivity contribution in [3.05, 3.63) is 48.0 Å². The van der Waals surface area contributed by atoms with Crippen LogP contribution in [0.1, 0.15) is 31.4 Å². The predicted octanol–water partition coefficient (Wildman–Crippen LogP) is 2.69. The Balaban J connectivity index is 1.73. The largest absolute Gasteiger partial charge is 0.432 e. The minimum absolute atomic E-state index is 0.0744. The zero-order valence-corrected chi connectivity index (χ0v) is 12.6. The van der Waals surface area contributed by atoms with Crippen molar-refractivity contribution in [2.24, 2.45) is 0 Å². The molecule has 0 spiro atoms. The number of hydrogen-bond donors (Lipinski definition) is 1. The fourth-order valence-corrected chi connectivity index (χ4v) is 2.65. The number of carbonyl (C=O) groups excluding carboxylic acids is 3. The molecule has 1 aliphatic rings. The van der Waals surface area contributed by atoms with Gasteiger partial charge in [-0.2, -0.15) is 0 Å². The van der Waals surface area contributed by atoms with Crippen molar-refractivity contribution in [1.29, 1.82) is 0 Å². The van der Waals surface area contributed by atoms with E-state index < -0.39 is 17.9 Å². The molecule has 3 amide bonds. The summed E-state index contributed by atoms with van der Waals surface area (Å²) in [4.78, 5) is 39.7. The first-order valence-corrected chi connectivity index (χ1v) is 7.38. The molecule has 1 fully saturated rings. The summed E-state index contributed by atoms with van der Waals surface area (Å²) < 4.78 is 0. The lowest BCUT2D eigenvalue weighted by molar-refractivity contribution is -0.171. The van der Waals surface area contributed by atoms with Gasteiger partial charge in [-0.1, -0.05) is 42.5 Å². The summed E-state index contributed by atoms with van der Waals surface area (Å²) in [6.45, 7) is 1.82. The highest BCUT2D eigenvalue weighted by molar-refractivity contribution is 6.01. The van der Waals surface area contributed by atoms with Gasteiger partial charge in [-0.25, -0.2) is 4.79 Å². The van der Waals surface area contributed by atoms with Gasteiger partial charge in [0.1, 0.15) is 0 Å². The van der Waals surface area contributed by atoms with Crippen LogP contribution in [-0.2, 0) is 14.4 Å². The van der Waals surface area contributed by atoms with Crippen molar-refractivity contribution in [3.8, 4) is 0 Å². The molecule has 1 heterocycles. The van der Waals surface area contributed by atoms with E-state index in [4.69, 9.17) is 4.84 Å². The summed E-state index contributed by atoms with van der Waals surface area (Å²) in [5, 5.41) is 5.27. The summed E-state index contributed by atoms with van der Waals surface area (Å²) in [6, 6.07) is 13.3. The molecule has 0 saturated carbocycles. The average molecular weight is 312 g/mol. The Morgan fingerprint density at radius 2 is 1.74 bits per heavy atom. The van der Waals surface area contributed by atoms with Crippen molar-refractivity contribution in [2.75, 3.05) is 0 Å². The van der Waals surface area contributed by atoms with E-state index in [0.29, 0.717) is 5.06 Å². The predicted molar refractivity (Wildman–Crippen MR) is 83.1 cm³/mol. The first-order valence-electron chi connectivity index (χ1n) is 7.38. The Kier molecular flexibility index (Phi) is 3.97. The molecule has 0 radical (unpaired) electrons. The lowest BCUT2D eigenvalue weighted by Crippen LogP contribution is -2.37. The third-order valence-corrected chi connectivity index (χ3v) is 3.80. The van der Waals surface area contributed by atoms with E-state index >= 15 is 0 Å². The van der Waals surface area contributed by atoms with Crippen LogP contribution in [-0.4, -0.2) is 23.0 Å². The third-order valence-electron chi connectivity index (χ3n) is 3.80. The molecule has 1 N–H and O–H groups in total. The first kappa shape index (κ1) is 15.0. The van der Waals surface area contributed by atoms with Crippen LogP contribution in [0.5, 0.6) is 0 Å². The highest BCUT2D eigenvalue weighted by Crippen LogP contribution is 2.24. The molecular formula is C17H16N2O4. The van der Waals surface area contributed by atoms with Crippen LogP contribution in [0.2, 0.25) is 0 Å². The quantitative estimate of drug-likeness (QED) is 0.884. The number of carbonyl (C=O) groups is 3. The van der Waals surface area contributed by atoms with Crippen molar-refractivity contribution in [2.45, 2.75) is 25.8 Å². The highest BCUT2D eigenvalue weighted by atomic mass is 16.7.